The third-order valence-electron chi connectivity index (χ3n) is 5.87. The van der Waals surface area contributed by atoms with Crippen molar-refractivity contribution >= 4 is 40.2 Å². The van der Waals surface area contributed by atoms with Crippen molar-refractivity contribution in [2.24, 2.45) is 0 Å². The smallest absolute Gasteiger partial charge is 0.288 e. The topological polar surface area (TPSA) is 132 Å². The number of carbonyl (C=O) groups is 1. The van der Waals surface area contributed by atoms with Crippen LogP contribution in [0, 0.1) is 10.1 Å². The first-order valence-corrected chi connectivity index (χ1v) is 11.6. The van der Waals surface area contributed by atoms with E-state index in [-0.39, 0.29) is 22.2 Å². The number of amides is 1. The van der Waals surface area contributed by atoms with Gasteiger partial charge in [0.2, 0.25) is 0 Å². The molecule has 5 rings (SSSR count). The summed E-state index contributed by atoms with van der Waals surface area (Å²) in [5.74, 6) is 1.11. The summed E-state index contributed by atoms with van der Waals surface area (Å²) in [6, 6.07) is 11.6. The summed E-state index contributed by atoms with van der Waals surface area (Å²) in [6.07, 6.45) is 1.47. The number of ether oxygens (including phenoxy) is 1. The second-order valence-electron chi connectivity index (χ2n) is 8.00. The molecule has 1 aliphatic heterocycles. The van der Waals surface area contributed by atoms with Crippen molar-refractivity contribution in [2.45, 2.75) is 6.92 Å². The Morgan fingerprint density at radius 3 is 2.56 bits per heavy atom. The van der Waals surface area contributed by atoms with E-state index in [4.69, 9.17) is 16.3 Å². The van der Waals surface area contributed by atoms with Crippen molar-refractivity contribution in [1.29, 1.82) is 0 Å². The molecular formula is C23H21ClN8O4. The molecule has 184 valence electrons. The van der Waals surface area contributed by atoms with Crippen LogP contribution in [0.1, 0.15) is 17.3 Å². The van der Waals surface area contributed by atoms with Gasteiger partial charge in [0.15, 0.2) is 17.0 Å². The number of halogens is 1. The van der Waals surface area contributed by atoms with Gasteiger partial charge in [-0.05, 0) is 43.3 Å². The minimum Gasteiger partial charge on any atom is -0.494 e. The van der Waals surface area contributed by atoms with Gasteiger partial charge in [0.25, 0.3) is 11.6 Å². The zero-order valence-corrected chi connectivity index (χ0v) is 20.0. The van der Waals surface area contributed by atoms with Crippen LogP contribution in [0.15, 0.2) is 48.8 Å². The van der Waals surface area contributed by atoms with Crippen molar-refractivity contribution in [2.75, 3.05) is 37.7 Å². The summed E-state index contributed by atoms with van der Waals surface area (Å²) < 4.78 is 7.14. The predicted octanol–water partition coefficient (Wildman–Crippen LogP) is 3.13. The van der Waals surface area contributed by atoms with Crippen LogP contribution in [0.4, 0.5) is 11.5 Å². The fourth-order valence-electron chi connectivity index (χ4n) is 4.08. The van der Waals surface area contributed by atoms with E-state index >= 15 is 0 Å². The molecule has 3 heterocycles. The molecular weight excluding hydrogens is 488 g/mol. The summed E-state index contributed by atoms with van der Waals surface area (Å²) in [4.78, 5) is 36.0. The fourth-order valence-corrected chi connectivity index (χ4v) is 4.27. The number of nitrogens with zero attached hydrogens (tertiary/aromatic N) is 8. The number of hydrogen-bond acceptors (Lipinski definition) is 9. The fraction of sp³-hybridized carbons (Fsp3) is 0.261. The molecule has 0 atom stereocenters. The minimum atomic E-state index is -0.599. The van der Waals surface area contributed by atoms with Gasteiger partial charge < -0.3 is 14.5 Å². The summed E-state index contributed by atoms with van der Waals surface area (Å²) in [5, 5.41) is 19.8. The molecule has 0 unspecified atom stereocenters. The predicted molar refractivity (Wildman–Crippen MR) is 132 cm³/mol. The van der Waals surface area contributed by atoms with Crippen LogP contribution < -0.4 is 9.64 Å². The van der Waals surface area contributed by atoms with E-state index in [0.29, 0.717) is 49.8 Å². The molecule has 2 aromatic carbocycles. The van der Waals surface area contributed by atoms with Crippen molar-refractivity contribution in [3.05, 3.63) is 69.5 Å². The highest BCUT2D eigenvalue weighted by Gasteiger charge is 2.27. The summed E-state index contributed by atoms with van der Waals surface area (Å²) in [7, 11) is 0. The Labute approximate surface area is 210 Å². The minimum absolute atomic E-state index is 0.00701. The van der Waals surface area contributed by atoms with Crippen LogP contribution in [0.2, 0.25) is 5.02 Å². The Balaban J connectivity index is 1.33. The lowest BCUT2D eigenvalue weighted by atomic mass is 10.1. The molecule has 0 bridgehead atoms. The summed E-state index contributed by atoms with van der Waals surface area (Å²) >= 11 is 5.87. The molecule has 13 heteroatoms. The van der Waals surface area contributed by atoms with Gasteiger partial charge in [-0.15, -0.1) is 5.10 Å². The first kappa shape index (κ1) is 23.4. The SMILES string of the molecule is CCOc1ccc(-n2nnc3c(N4CCN(C(=O)c5ccc(Cl)c([N+](=O)[O-])c5)CC4)ncnc32)cc1. The van der Waals surface area contributed by atoms with Gasteiger partial charge in [0, 0.05) is 37.8 Å². The summed E-state index contributed by atoms with van der Waals surface area (Å²) in [6.45, 7) is 4.34. The molecule has 1 amide bonds. The Bertz CT molecular complexity index is 1430. The molecule has 2 aromatic heterocycles. The Morgan fingerprint density at radius 2 is 1.86 bits per heavy atom. The number of nitro groups is 1. The third kappa shape index (κ3) is 4.38. The van der Waals surface area contributed by atoms with Crippen LogP contribution >= 0.6 is 11.6 Å². The van der Waals surface area contributed by atoms with Crippen LogP contribution in [0.5, 0.6) is 5.75 Å². The van der Waals surface area contributed by atoms with Gasteiger partial charge in [-0.25, -0.2) is 9.97 Å². The molecule has 0 radical (unpaired) electrons. The first-order valence-electron chi connectivity index (χ1n) is 11.2. The van der Waals surface area contributed by atoms with Crippen molar-refractivity contribution in [3.8, 4) is 11.4 Å². The second-order valence-corrected chi connectivity index (χ2v) is 8.41. The number of carbonyl (C=O) groups excluding carboxylic acids is 1. The average Bonchev–Trinajstić information content (AvgIpc) is 3.33. The molecule has 12 nitrogen and oxygen atoms in total. The van der Waals surface area contributed by atoms with E-state index in [9.17, 15) is 14.9 Å². The monoisotopic (exact) mass is 508 g/mol. The molecule has 0 N–H and O–H groups in total. The van der Waals surface area contributed by atoms with E-state index in [1.54, 1.807) is 9.58 Å². The van der Waals surface area contributed by atoms with Crippen molar-refractivity contribution < 1.29 is 14.5 Å². The molecule has 1 aliphatic rings. The van der Waals surface area contributed by atoms with Gasteiger partial charge >= 0.3 is 0 Å². The van der Waals surface area contributed by atoms with Crippen LogP contribution in [-0.4, -0.2) is 73.5 Å². The average molecular weight is 509 g/mol. The van der Waals surface area contributed by atoms with Crippen LogP contribution in [-0.2, 0) is 0 Å². The van der Waals surface area contributed by atoms with Crippen LogP contribution in [0.25, 0.3) is 16.9 Å². The normalized spacial score (nSPS) is 13.7. The number of rotatable bonds is 6. The number of fused-ring (bicyclic) bond motifs is 1. The number of nitro benzene ring substituents is 1. The summed E-state index contributed by atoms with van der Waals surface area (Å²) in [5.41, 5.74) is 1.84. The van der Waals surface area contributed by atoms with E-state index in [1.807, 2.05) is 36.1 Å². The number of aromatic nitrogens is 5. The van der Waals surface area contributed by atoms with Gasteiger partial charge in [-0.1, -0.05) is 16.8 Å². The maximum Gasteiger partial charge on any atom is 0.288 e. The largest absolute Gasteiger partial charge is 0.494 e. The number of anilines is 1. The molecule has 1 saturated heterocycles. The quantitative estimate of drug-likeness (QED) is 0.284. The molecule has 1 fully saturated rings. The number of piperazine rings is 1. The van der Waals surface area contributed by atoms with Gasteiger partial charge in [0.05, 0.1) is 17.2 Å². The van der Waals surface area contributed by atoms with Gasteiger partial charge in [0.1, 0.15) is 17.1 Å². The van der Waals surface area contributed by atoms with E-state index < -0.39 is 4.92 Å². The second kappa shape index (κ2) is 9.74. The first-order chi connectivity index (χ1) is 17.5. The zero-order chi connectivity index (χ0) is 25.2. The van der Waals surface area contributed by atoms with Gasteiger partial charge in [-0.2, -0.15) is 4.68 Å². The Hall–Kier alpha value is -4.32. The Kier molecular flexibility index (Phi) is 6.34. The number of hydrogen-bond donors (Lipinski definition) is 0. The molecule has 0 saturated carbocycles. The van der Waals surface area contributed by atoms with Crippen molar-refractivity contribution in [3.63, 3.8) is 0 Å². The van der Waals surface area contributed by atoms with Crippen LogP contribution in [0.3, 0.4) is 0 Å². The lowest BCUT2D eigenvalue weighted by molar-refractivity contribution is -0.384. The van der Waals surface area contributed by atoms with Crippen molar-refractivity contribution in [1.82, 2.24) is 29.9 Å². The Morgan fingerprint density at radius 1 is 1.11 bits per heavy atom. The standard InChI is InChI=1S/C23H21ClN8O4/c1-2-36-17-6-4-16(5-7-17)31-22-20(27-28-31)21(25-14-26-22)29-9-11-30(12-10-29)23(33)15-3-8-18(24)19(13-15)32(34)35/h3-8,13-14H,2,9-12H2,1H3. The maximum atomic E-state index is 12.9. The molecule has 0 spiro atoms. The molecule has 36 heavy (non-hydrogen) atoms. The molecule has 0 aliphatic carbocycles. The van der Waals surface area contributed by atoms with E-state index in [2.05, 4.69) is 20.3 Å². The third-order valence-corrected chi connectivity index (χ3v) is 6.19. The molecule has 4 aromatic rings. The highest BCUT2D eigenvalue weighted by Crippen LogP contribution is 2.27. The highest BCUT2D eigenvalue weighted by atomic mass is 35.5. The van der Waals surface area contributed by atoms with E-state index in [0.717, 1.165) is 11.4 Å². The maximum absolute atomic E-state index is 12.9. The van der Waals surface area contributed by atoms with Gasteiger partial charge in [-0.3, -0.25) is 14.9 Å². The number of benzene rings is 2. The lowest BCUT2D eigenvalue weighted by Gasteiger charge is -2.35. The highest BCUT2D eigenvalue weighted by molar-refractivity contribution is 6.32. The lowest BCUT2D eigenvalue weighted by Crippen LogP contribution is -2.49. The van der Waals surface area contributed by atoms with E-state index in [1.165, 1.54) is 24.5 Å². The zero-order valence-electron chi connectivity index (χ0n) is 19.2.